The molecule has 0 bridgehead atoms. The standard InChI is InChI=1S/C53H89N17O11/c1-4-12-35-45(75)67-39(29-33-17-19-34(71)20-18-33)47(77)68-40(30-54)48(78)66-38(21-16-32(2)3)50(80)69(31-42(55)72)27-8-6-5-7-24-60-43(73)22-23-44(74)63-37(14-10-26-62-53(58)59)51(81)70-28-11-15-41(70)49(79)65-36(46(76)64-35)13-9-25-61-52(56)57/h17-20,32,35-41,71H,4-16,21-31,54H2,1-3H3,(H2,55,72)(H,60,73)(H,63,74)(H,64,76)(H,65,79)(H,66,78)(H,67,75)(H,68,77)(H4,56,57,61)(H4,58,59,62)/t35-,36-,37-,38-,39-,40-,41-/m0/s1. The van der Waals surface area contributed by atoms with Gasteiger partial charge in [0.2, 0.25) is 59.1 Å². The monoisotopic (exact) mass is 1140 g/mol. The van der Waals surface area contributed by atoms with Crippen molar-refractivity contribution in [1.82, 2.24) is 47.0 Å². The molecule has 0 unspecified atom stereocenters. The number of carbonyl (C=O) groups excluding carboxylic acids is 10. The van der Waals surface area contributed by atoms with E-state index in [-0.39, 0.29) is 121 Å². The van der Waals surface area contributed by atoms with Gasteiger partial charge in [-0.1, -0.05) is 52.2 Å². The predicted octanol–water partition coefficient (Wildman–Crippen LogP) is -3.08. The molecular weight excluding hydrogens is 1050 g/mol. The maximum Gasteiger partial charge on any atom is 0.245 e. The first kappa shape index (κ1) is 67.5. The number of phenols is 1. The molecule has 2 heterocycles. The SMILES string of the molecule is CCC[C@@H]1NC(=O)[C@H](CCCN=C(N)N)NC(=O)[C@@H]2CCCN2C(=O)[C@H](CCCN=C(N)N)NC(=O)CCC(=O)NCCCCCCN(CC(N)=O)C(=O)[C@H](CCC(C)C)NC(=O)[C@H](CN)NC(=O)[C@H](Cc2ccc(O)cc2)NC1=O. The second kappa shape index (κ2) is 35.8. The van der Waals surface area contributed by atoms with E-state index in [1.54, 1.807) is 6.92 Å². The van der Waals surface area contributed by atoms with Crippen molar-refractivity contribution in [3.8, 4) is 5.75 Å². The summed E-state index contributed by atoms with van der Waals surface area (Å²) in [7, 11) is 0. The molecule has 2 aliphatic rings. The van der Waals surface area contributed by atoms with Crippen LogP contribution in [0.15, 0.2) is 34.3 Å². The van der Waals surface area contributed by atoms with Crippen LogP contribution in [0.25, 0.3) is 0 Å². The number of aromatic hydroxyl groups is 1. The fourth-order valence-electron chi connectivity index (χ4n) is 9.28. The smallest absolute Gasteiger partial charge is 0.245 e. The molecule has 0 aliphatic carbocycles. The molecule has 2 aliphatic heterocycles. The van der Waals surface area contributed by atoms with Gasteiger partial charge in [0.15, 0.2) is 11.9 Å². The lowest BCUT2D eigenvalue weighted by molar-refractivity contribution is -0.142. The third-order valence-corrected chi connectivity index (χ3v) is 13.6. The van der Waals surface area contributed by atoms with Crippen LogP contribution >= 0.6 is 0 Å². The first-order chi connectivity index (χ1) is 38.5. The zero-order valence-corrected chi connectivity index (χ0v) is 47.2. The summed E-state index contributed by atoms with van der Waals surface area (Å²) >= 11 is 0. The van der Waals surface area contributed by atoms with E-state index in [0.717, 1.165) is 0 Å². The summed E-state index contributed by atoms with van der Waals surface area (Å²) in [6.45, 7) is 5.46. The van der Waals surface area contributed by atoms with Gasteiger partial charge in [0.1, 0.15) is 48.0 Å². The van der Waals surface area contributed by atoms with E-state index >= 15 is 0 Å². The molecule has 452 valence electrons. The molecule has 28 nitrogen and oxygen atoms in total. The molecule has 1 aromatic carbocycles. The topological polar surface area (TPSA) is 462 Å². The van der Waals surface area contributed by atoms with Crippen molar-refractivity contribution in [2.24, 2.45) is 50.3 Å². The van der Waals surface area contributed by atoms with Crippen molar-refractivity contribution in [3.63, 3.8) is 0 Å². The van der Waals surface area contributed by atoms with E-state index in [0.29, 0.717) is 50.5 Å². The number of carbonyl (C=O) groups is 10. The highest BCUT2D eigenvalue weighted by Gasteiger charge is 2.40. The number of aliphatic imine (C=N–C) groups is 2. The Morgan fingerprint density at radius 2 is 1.15 bits per heavy atom. The number of nitrogens with zero attached hydrogens (tertiary/aromatic N) is 4. The number of hydrogen-bond donors (Lipinski definition) is 14. The minimum Gasteiger partial charge on any atom is -0.508 e. The highest BCUT2D eigenvalue weighted by atomic mass is 16.3. The fraction of sp³-hybridized carbons (Fsp3) is 0.660. The summed E-state index contributed by atoms with van der Waals surface area (Å²) in [4.78, 5) is 149. The Hall–Kier alpha value is -7.78. The summed E-state index contributed by atoms with van der Waals surface area (Å²) < 4.78 is 0. The number of fused-ring (bicyclic) bond motifs is 1. The van der Waals surface area contributed by atoms with Gasteiger partial charge in [-0.3, -0.25) is 57.9 Å². The van der Waals surface area contributed by atoms with Crippen LogP contribution in [0.4, 0.5) is 0 Å². The largest absolute Gasteiger partial charge is 0.508 e. The van der Waals surface area contributed by atoms with Crippen LogP contribution in [0.1, 0.15) is 129 Å². The van der Waals surface area contributed by atoms with Crippen molar-refractivity contribution >= 4 is 71.0 Å². The molecule has 0 saturated carbocycles. The van der Waals surface area contributed by atoms with E-state index in [1.807, 2.05) is 13.8 Å². The second-order valence-corrected chi connectivity index (χ2v) is 20.9. The number of nitrogens with two attached hydrogens (primary N) is 6. The number of phenolic OH excluding ortho intramolecular Hbond substituents is 1. The Labute approximate surface area is 473 Å². The molecule has 81 heavy (non-hydrogen) atoms. The number of benzene rings is 1. The molecule has 10 amide bonds. The minimum absolute atomic E-state index is 0.0337. The highest BCUT2D eigenvalue weighted by Crippen LogP contribution is 2.21. The maximum atomic E-state index is 14.4. The van der Waals surface area contributed by atoms with Gasteiger partial charge in [0, 0.05) is 58.5 Å². The number of hydrogen-bond acceptors (Lipinski definition) is 14. The Morgan fingerprint density at radius 3 is 1.75 bits per heavy atom. The average molecular weight is 1140 g/mol. The normalized spacial score (nSPS) is 23.4. The van der Waals surface area contributed by atoms with Crippen molar-refractivity contribution in [2.45, 2.75) is 172 Å². The summed E-state index contributed by atoms with van der Waals surface area (Å²) in [6, 6.07) is -3.02. The molecule has 0 spiro atoms. The van der Waals surface area contributed by atoms with Gasteiger partial charge in [-0.05, 0) is 94.2 Å². The molecule has 20 N–H and O–H groups in total. The van der Waals surface area contributed by atoms with Gasteiger partial charge in [0.05, 0.1) is 6.54 Å². The number of guanidine groups is 2. The van der Waals surface area contributed by atoms with E-state index in [9.17, 15) is 53.1 Å². The maximum absolute atomic E-state index is 14.4. The van der Waals surface area contributed by atoms with Gasteiger partial charge in [-0.2, -0.15) is 0 Å². The van der Waals surface area contributed by atoms with Crippen LogP contribution in [-0.4, -0.2) is 174 Å². The first-order valence-electron chi connectivity index (χ1n) is 28.1. The number of nitrogens with one attached hydrogen (secondary N) is 7. The fourth-order valence-corrected chi connectivity index (χ4v) is 9.28. The molecular formula is C53H89N17O11. The molecule has 1 aromatic rings. The van der Waals surface area contributed by atoms with E-state index in [1.165, 1.54) is 34.1 Å². The lowest BCUT2D eigenvalue weighted by atomic mass is 10.0. The summed E-state index contributed by atoms with van der Waals surface area (Å²) in [6.07, 6.45) is 3.69. The van der Waals surface area contributed by atoms with Crippen LogP contribution in [0.3, 0.4) is 0 Å². The highest BCUT2D eigenvalue weighted by molar-refractivity contribution is 5.98. The second-order valence-electron chi connectivity index (χ2n) is 20.9. The van der Waals surface area contributed by atoms with E-state index in [4.69, 9.17) is 34.4 Å². The number of rotatable bonds is 18. The van der Waals surface area contributed by atoms with Crippen LogP contribution in [0, 0.1) is 5.92 Å². The number of amides is 10. The lowest BCUT2D eigenvalue weighted by Gasteiger charge is -2.30. The first-order valence-corrected chi connectivity index (χ1v) is 28.1. The summed E-state index contributed by atoms with van der Waals surface area (Å²) in [5, 5.41) is 29.1. The lowest BCUT2D eigenvalue weighted by Crippen LogP contribution is -2.61. The van der Waals surface area contributed by atoms with Crippen molar-refractivity contribution in [2.75, 3.05) is 45.8 Å². The van der Waals surface area contributed by atoms with E-state index < -0.39 is 114 Å². The molecule has 0 aromatic heterocycles. The van der Waals surface area contributed by atoms with E-state index in [2.05, 4.69) is 47.2 Å². The summed E-state index contributed by atoms with van der Waals surface area (Å²) in [5.41, 5.74) is 34.3. The molecule has 2 fully saturated rings. The van der Waals surface area contributed by atoms with Gasteiger partial charge in [-0.25, -0.2) is 0 Å². The third kappa shape index (κ3) is 25.1. The molecule has 28 heteroatoms. The third-order valence-electron chi connectivity index (χ3n) is 13.6. The molecule has 7 atom stereocenters. The minimum atomic E-state index is -1.44. The zero-order chi connectivity index (χ0) is 60.0. The van der Waals surface area contributed by atoms with Crippen LogP contribution < -0.4 is 71.6 Å². The van der Waals surface area contributed by atoms with Crippen LogP contribution in [0.2, 0.25) is 0 Å². The summed E-state index contributed by atoms with van der Waals surface area (Å²) in [5.74, 6) is -7.25. The van der Waals surface area contributed by atoms with Gasteiger partial charge < -0.3 is 86.5 Å². The zero-order valence-electron chi connectivity index (χ0n) is 47.2. The molecule has 3 rings (SSSR count). The predicted molar refractivity (Wildman–Crippen MR) is 302 cm³/mol. The Morgan fingerprint density at radius 1 is 0.617 bits per heavy atom. The van der Waals surface area contributed by atoms with Gasteiger partial charge in [-0.15, -0.1) is 0 Å². The Balaban J connectivity index is 2.08. The quantitative estimate of drug-likeness (QED) is 0.0394. The number of primary amides is 1. The van der Waals surface area contributed by atoms with Gasteiger partial charge >= 0.3 is 0 Å². The molecule has 2 saturated heterocycles. The average Bonchev–Trinajstić information content (AvgIpc) is 3.97. The van der Waals surface area contributed by atoms with Crippen molar-refractivity contribution in [3.05, 3.63) is 29.8 Å². The van der Waals surface area contributed by atoms with Crippen LogP contribution in [-0.2, 0) is 54.4 Å². The Bertz CT molecular complexity index is 2330. The van der Waals surface area contributed by atoms with Crippen molar-refractivity contribution in [1.29, 1.82) is 0 Å². The van der Waals surface area contributed by atoms with Crippen molar-refractivity contribution < 1.29 is 53.1 Å². The molecule has 0 radical (unpaired) electrons. The van der Waals surface area contributed by atoms with Gasteiger partial charge in [0.25, 0.3) is 0 Å². The Kier molecular flexibility index (Phi) is 29.8. The van der Waals surface area contributed by atoms with Crippen LogP contribution in [0.5, 0.6) is 5.75 Å².